The number of benzene rings is 1. The number of esters is 1. The van der Waals surface area contributed by atoms with Gasteiger partial charge < -0.3 is 9.47 Å². The van der Waals surface area contributed by atoms with Crippen molar-refractivity contribution in [2.45, 2.75) is 31.8 Å². The van der Waals surface area contributed by atoms with Gasteiger partial charge in [-0.1, -0.05) is 24.3 Å². The van der Waals surface area contributed by atoms with E-state index in [4.69, 9.17) is 9.47 Å². The first-order valence-electron chi connectivity index (χ1n) is 10.00. The van der Waals surface area contributed by atoms with Gasteiger partial charge in [0.05, 0.1) is 24.9 Å². The summed E-state index contributed by atoms with van der Waals surface area (Å²) in [6.07, 6.45) is 7.66. The molecule has 0 saturated carbocycles. The highest BCUT2D eigenvalue weighted by Gasteiger charge is 2.17. The summed E-state index contributed by atoms with van der Waals surface area (Å²) in [5.41, 5.74) is 2.83. The number of carbonyl (C=O) groups is 1. The number of hydrogen-bond acceptors (Lipinski definition) is 6. The Morgan fingerprint density at radius 1 is 1.30 bits per heavy atom. The quantitative estimate of drug-likeness (QED) is 0.554. The lowest BCUT2D eigenvalue weighted by Gasteiger charge is -2.10. The molecule has 156 valence electrons. The zero-order valence-corrected chi connectivity index (χ0v) is 16.9. The smallest absolute Gasteiger partial charge is 0.310 e. The van der Waals surface area contributed by atoms with Gasteiger partial charge >= 0.3 is 5.97 Å². The molecule has 8 nitrogen and oxygen atoms in total. The Kier molecular flexibility index (Phi) is 6.04. The molecule has 8 heteroatoms. The molecule has 3 aromatic rings. The second-order valence-corrected chi connectivity index (χ2v) is 7.44. The van der Waals surface area contributed by atoms with Crippen molar-refractivity contribution in [3.8, 4) is 5.69 Å². The maximum atomic E-state index is 12.3. The molecule has 4 rings (SSSR count). The highest BCUT2D eigenvalue weighted by Crippen LogP contribution is 2.14. The molecule has 1 aliphatic heterocycles. The molecular formula is C22H24N4O4. The zero-order chi connectivity index (χ0) is 20.9. The number of carbonyl (C=O) groups excluding carboxylic acids is 1. The normalized spacial score (nSPS) is 16.0. The van der Waals surface area contributed by atoms with Gasteiger partial charge in [0.1, 0.15) is 18.0 Å². The first kappa shape index (κ1) is 20.0. The summed E-state index contributed by atoms with van der Waals surface area (Å²) in [4.78, 5) is 24.4. The van der Waals surface area contributed by atoms with Crippen molar-refractivity contribution >= 4 is 5.97 Å². The number of aryl methyl sites for hydroxylation is 1. The van der Waals surface area contributed by atoms with Crippen LogP contribution >= 0.6 is 0 Å². The van der Waals surface area contributed by atoms with Gasteiger partial charge in [-0.3, -0.25) is 14.3 Å². The third kappa shape index (κ3) is 5.01. The molecule has 1 aromatic carbocycles. The summed E-state index contributed by atoms with van der Waals surface area (Å²) in [5.74, 6) is -0.278. The highest BCUT2D eigenvalue weighted by atomic mass is 16.6. The molecule has 1 atom stereocenters. The minimum absolute atomic E-state index is 0.0198. The molecule has 3 heterocycles. The first-order valence-corrected chi connectivity index (χ1v) is 10.00. The third-order valence-electron chi connectivity index (χ3n) is 5.00. The van der Waals surface area contributed by atoms with E-state index in [1.807, 2.05) is 37.5 Å². The number of rotatable bonds is 7. The maximum Gasteiger partial charge on any atom is 0.310 e. The topological polar surface area (TPSA) is 88.2 Å². The molecular weight excluding hydrogens is 384 g/mol. The van der Waals surface area contributed by atoms with Gasteiger partial charge in [0.15, 0.2) is 0 Å². The van der Waals surface area contributed by atoms with E-state index < -0.39 is 0 Å². The van der Waals surface area contributed by atoms with Crippen LogP contribution in [-0.2, 0) is 34.2 Å². The van der Waals surface area contributed by atoms with Crippen LogP contribution in [0.4, 0.5) is 0 Å². The molecule has 1 aliphatic rings. The van der Waals surface area contributed by atoms with Gasteiger partial charge in [-0.25, -0.2) is 4.68 Å². The van der Waals surface area contributed by atoms with Crippen LogP contribution in [0.2, 0.25) is 0 Å². The van der Waals surface area contributed by atoms with Crippen LogP contribution in [0.1, 0.15) is 29.7 Å². The standard InChI is InChI=1S/C22H24N4O4/c1-25-14-18(13-23-25)26-8-7-21(27)20(24-26)11-16-4-2-5-17(10-16)12-22(28)30-15-19-6-3-9-29-19/h2,4-5,7-8,10,13-14,19H,3,6,9,11-12,15H2,1H3. The maximum absolute atomic E-state index is 12.3. The molecule has 0 amide bonds. The second kappa shape index (κ2) is 9.04. The van der Waals surface area contributed by atoms with Crippen LogP contribution in [-0.4, -0.2) is 44.8 Å². The van der Waals surface area contributed by atoms with Crippen molar-refractivity contribution < 1.29 is 14.3 Å². The Hall–Kier alpha value is -3.26. The fourth-order valence-electron chi connectivity index (χ4n) is 3.46. The van der Waals surface area contributed by atoms with Crippen molar-refractivity contribution in [2.75, 3.05) is 13.2 Å². The van der Waals surface area contributed by atoms with Gasteiger partial charge in [-0.05, 0) is 24.0 Å². The van der Waals surface area contributed by atoms with Gasteiger partial charge in [0.2, 0.25) is 5.43 Å². The van der Waals surface area contributed by atoms with Crippen LogP contribution < -0.4 is 5.43 Å². The van der Waals surface area contributed by atoms with Crippen molar-refractivity contribution in [2.24, 2.45) is 7.05 Å². The van der Waals surface area contributed by atoms with Crippen LogP contribution in [0.25, 0.3) is 5.69 Å². The summed E-state index contributed by atoms with van der Waals surface area (Å²) < 4.78 is 14.1. The Labute approximate surface area is 174 Å². The number of ether oxygens (including phenoxy) is 2. The fourth-order valence-corrected chi connectivity index (χ4v) is 3.46. The summed E-state index contributed by atoms with van der Waals surface area (Å²) in [5, 5.41) is 8.60. The Morgan fingerprint density at radius 2 is 2.17 bits per heavy atom. The van der Waals surface area contributed by atoms with E-state index in [1.165, 1.54) is 6.07 Å². The summed E-state index contributed by atoms with van der Waals surface area (Å²) >= 11 is 0. The summed E-state index contributed by atoms with van der Waals surface area (Å²) in [6, 6.07) is 9.09. The molecule has 0 bridgehead atoms. The van der Waals surface area contributed by atoms with Gasteiger partial charge in [0, 0.05) is 32.3 Å². The van der Waals surface area contributed by atoms with Crippen LogP contribution in [0, 0.1) is 0 Å². The van der Waals surface area contributed by atoms with E-state index in [1.54, 1.807) is 21.8 Å². The Morgan fingerprint density at radius 3 is 2.93 bits per heavy atom. The fraction of sp³-hybridized carbons (Fsp3) is 0.364. The molecule has 2 aromatic heterocycles. The van der Waals surface area contributed by atoms with E-state index in [0.717, 1.165) is 36.3 Å². The van der Waals surface area contributed by atoms with Gasteiger partial charge in [0.25, 0.3) is 0 Å². The molecule has 0 radical (unpaired) electrons. The predicted octanol–water partition coefficient (Wildman–Crippen LogP) is 1.82. The largest absolute Gasteiger partial charge is 0.463 e. The SMILES string of the molecule is Cn1cc(-n2ccc(=O)c(Cc3cccc(CC(=O)OCC4CCCO4)c3)n2)cn1. The molecule has 0 spiro atoms. The minimum atomic E-state index is -0.278. The third-order valence-corrected chi connectivity index (χ3v) is 5.00. The molecule has 30 heavy (non-hydrogen) atoms. The van der Waals surface area contributed by atoms with Crippen molar-refractivity contribution in [3.63, 3.8) is 0 Å². The van der Waals surface area contributed by atoms with E-state index in [9.17, 15) is 9.59 Å². The average Bonchev–Trinajstić information content (AvgIpc) is 3.40. The van der Waals surface area contributed by atoms with Gasteiger partial charge in [-0.15, -0.1) is 0 Å². The molecule has 1 saturated heterocycles. The van der Waals surface area contributed by atoms with E-state index in [0.29, 0.717) is 18.7 Å². The van der Waals surface area contributed by atoms with Crippen molar-refractivity contribution in [3.05, 3.63) is 76.0 Å². The minimum Gasteiger partial charge on any atom is -0.463 e. The monoisotopic (exact) mass is 408 g/mol. The lowest BCUT2D eigenvalue weighted by molar-refractivity contribution is -0.146. The Balaban J connectivity index is 1.42. The molecule has 0 aliphatic carbocycles. The van der Waals surface area contributed by atoms with Crippen molar-refractivity contribution in [1.29, 1.82) is 0 Å². The number of hydrogen-bond donors (Lipinski definition) is 0. The number of aromatic nitrogens is 4. The lowest BCUT2D eigenvalue weighted by atomic mass is 10.0. The highest BCUT2D eigenvalue weighted by molar-refractivity contribution is 5.72. The molecule has 0 N–H and O–H groups in total. The van der Waals surface area contributed by atoms with Crippen molar-refractivity contribution in [1.82, 2.24) is 19.6 Å². The average molecular weight is 408 g/mol. The van der Waals surface area contributed by atoms with E-state index in [2.05, 4.69) is 10.2 Å². The molecule has 1 fully saturated rings. The zero-order valence-electron chi connectivity index (χ0n) is 16.9. The lowest BCUT2D eigenvalue weighted by Crippen LogP contribution is -2.19. The molecule has 1 unspecified atom stereocenters. The number of nitrogens with zero attached hydrogens (tertiary/aromatic N) is 4. The summed E-state index contributed by atoms with van der Waals surface area (Å²) in [6.45, 7) is 1.04. The predicted molar refractivity (Wildman–Crippen MR) is 109 cm³/mol. The van der Waals surface area contributed by atoms with Crippen LogP contribution in [0.5, 0.6) is 0 Å². The van der Waals surface area contributed by atoms with E-state index in [-0.39, 0.29) is 23.9 Å². The summed E-state index contributed by atoms with van der Waals surface area (Å²) in [7, 11) is 1.82. The second-order valence-electron chi connectivity index (χ2n) is 7.44. The van der Waals surface area contributed by atoms with Crippen LogP contribution in [0.15, 0.2) is 53.7 Å². The van der Waals surface area contributed by atoms with Gasteiger partial charge in [-0.2, -0.15) is 10.2 Å². The van der Waals surface area contributed by atoms with E-state index >= 15 is 0 Å². The Bertz CT molecular complexity index is 1080. The first-order chi connectivity index (χ1) is 14.6. The van der Waals surface area contributed by atoms with Crippen LogP contribution in [0.3, 0.4) is 0 Å².